The highest BCUT2D eigenvalue weighted by Crippen LogP contribution is 2.46. The summed E-state index contributed by atoms with van der Waals surface area (Å²) in [5, 5.41) is 17.3. The fourth-order valence-corrected chi connectivity index (χ4v) is 5.80. The van der Waals surface area contributed by atoms with E-state index in [2.05, 4.69) is 29.6 Å². The van der Waals surface area contributed by atoms with Crippen LogP contribution in [0.1, 0.15) is 15.9 Å². The molecule has 0 bridgehead atoms. The van der Waals surface area contributed by atoms with Gasteiger partial charge >= 0.3 is 0 Å². The fraction of sp³-hybridized carbons (Fsp3) is 0.176. The van der Waals surface area contributed by atoms with Crippen LogP contribution in [-0.2, 0) is 0 Å². The second kappa shape index (κ2) is 5.21. The fourth-order valence-electron chi connectivity index (χ4n) is 2.92. The number of ether oxygens (including phenoxy) is 2. The van der Waals surface area contributed by atoms with E-state index in [0.717, 1.165) is 15.5 Å². The van der Waals surface area contributed by atoms with Crippen molar-refractivity contribution in [3.63, 3.8) is 0 Å². The molecule has 1 aromatic carbocycles. The smallest absolute Gasteiger partial charge is 0.178 e. The topological polar surface area (TPSA) is 38.7 Å². The normalized spacial score (nSPS) is 15.3. The van der Waals surface area contributed by atoms with Crippen molar-refractivity contribution < 1.29 is 14.6 Å². The second-order valence-electron chi connectivity index (χ2n) is 5.35. The molecule has 1 unspecified atom stereocenters. The number of thiophene rings is 3. The van der Waals surface area contributed by atoms with Gasteiger partial charge in [0, 0.05) is 30.4 Å². The number of fused-ring (bicyclic) bond motifs is 4. The molecule has 116 valence electrons. The third kappa shape index (κ3) is 2.10. The lowest BCUT2D eigenvalue weighted by atomic mass is 10.1. The van der Waals surface area contributed by atoms with Gasteiger partial charge in [0.2, 0.25) is 0 Å². The predicted octanol–water partition coefficient (Wildman–Crippen LogP) is 5.03. The second-order valence-corrected chi connectivity index (χ2v) is 8.33. The number of benzene rings is 1. The Balaban J connectivity index is 1.63. The lowest BCUT2D eigenvalue weighted by Gasteiger charge is -2.17. The van der Waals surface area contributed by atoms with E-state index in [9.17, 15) is 5.11 Å². The lowest BCUT2D eigenvalue weighted by molar-refractivity contribution is 0.163. The largest absolute Gasteiger partial charge is 0.485 e. The van der Waals surface area contributed by atoms with Crippen LogP contribution in [0.25, 0.3) is 20.2 Å². The van der Waals surface area contributed by atoms with Gasteiger partial charge in [-0.15, -0.1) is 34.0 Å². The van der Waals surface area contributed by atoms with Crippen LogP contribution < -0.4 is 9.47 Å². The van der Waals surface area contributed by atoms with E-state index in [1.54, 1.807) is 22.7 Å². The van der Waals surface area contributed by atoms with Gasteiger partial charge < -0.3 is 14.6 Å². The van der Waals surface area contributed by atoms with Gasteiger partial charge in [0.15, 0.2) is 11.5 Å². The van der Waals surface area contributed by atoms with Crippen LogP contribution in [0.2, 0.25) is 0 Å². The quantitative estimate of drug-likeness (QED) is 0.545. The van der Waals surface area contributed by atoms with Crippen LogP contribution in [0.4, 0.5) is 0 Å². The van der Waals surface area contributed by atoms with E-state index >= 15 is 0 Å². The van der Waals surface area contributed by atoms with Gasteiger partial charge in [-0.25, -0.2) is 0 Å². The van der Waals surface area contributed by atoms with Gasteiger partial charge in [-0.1, -0.05) is 0 Å². The molecule has 0 saturated carbocycles. The van der Waals surface area contributed by atoms with Crippen molar-refractivity contribution in [1.82, 2.24) is 0 Å². The van der Waals surface area contributed by atoms with Crippen molar-refractivity contribution >= 4 is 54.2 Å². The number of aliphatic hydroxyl groups is 1. The molecule has 23 heavy (non-hydrogen) atoms. The average Bonchev–Trinajstić information content (AvgIpc) is 3.29. The Bertz CT molecular complexity index is 1010. The summed E-state index contributed by atoms with van der Waals surface area (Å²) in [7, 11) is 0. The van der Waals surface area contributed by atoms with Crippen molar-refractivity contribution in [2.75, 3.05) is 13.2 Å². The maximum Gasteiger partial charge on any atom is 0.178 e. The molecule has 3 nitrogen and oxygen atoms in total. The first-order valence-corrected chi connectivity index (χ1v) is 9.83. The first kappa shape index (κ1) is 13.8. The number of rotatable bonds is 2. The van der Waals surface area contributed by atoms with Crippen molar-refractivity contribution in [2.45, 2.75) is 6.10 Å². The SMILES string of the molecule is OC(c1cc2c(ccc3sccc32)s1)c1scc2c1OCCO2. The maximum atomic E-state index is 10.8. The molecule has 0 fully saturated rings. The van der Waals surface area contributed by atoms with Crippen LogP contribution in [-0.4, -0.2) is 18.3 Å². The highest BCUT2D eigenvalue weighted by Gasteiger charge is 2.26. The van der Waals surface area contributed by atoms with Gasteiger partial charge in [0.05, 0.1) is 4.88 Å². The third-order valence-corrected chi connectivity index (χ3v) is 7.03. The summed E-state index contributed by atoms with van der Waals surface area (Å²) in [5.74, 6) is 1.45. The molecule has 0 aliphatic carbocycles. The van der Waals surface area contributed by atoms with Crippen molar-refractivity contribution in [1.29, 1.82) is 0 Å². The molecule has 1 aliphatic rings. The van der Waals surface area contributed by atoms with E-state index in [-0.39, 0.29) is 0 Å². The summed E-state index contributed by atoms with van der Waals surface area (Å²) >= 11 is 4.87. The Morgan fingerprint density at radius 2 is 1.87 bits per heavy atom. The minimum atomic E-state index is -0.670. The highest BCUT2D eigenvalue weighted by molar-refractivity contribution is 7.20. The number of aliphatic hydroxyl groups excluding tert-OH is 1. The molecule has 5 rings (SSSR count). The van der Waals surface area contributed by atoms with Gasteiger partial charge in [-0.3, -0.25) is 0 Å². The zero-order valence-corrected chi connectivity index (χ0v) is 14.4. The zero-order valence-electron chi connectivity index (χ0n) is 11.9. The average molecular weight is 360 g/mol. The Morgan fingerprint density at radius 1 is 1.00 bits per heavy atom. The van der Waals surface area contributed by atoms with Gasteiger partial charge in [-0.05, 0) is 29.6 Å². The summed E-state index contributed by atoms with van der Waals surface area (Å²) in [6.45, 7) is 1.10. The molecule has 1 N–H and O–H groups in total. The van der Waals surface area contributed by atoms with Crippen LogP contribution in [0, 0.1) is 0 Å². The van der Waals surface area contributed by atoms with Crippen molar-refractivity contribution in [3.8, 4) is 11.5 Å². The Labute approximate surface area is 144 Å². The van der Waals surface area contributed by atoms with E-state index in [0.29, 0.717) is 19.0 Å². The molecule has 4 aromatic rings. The Hall–Kier alpha value is -1.60. The maximum absolute atomic E-state index is 10.8. The molecular weight excluding hydrogens is 348 g/mol. The summed E-state index contributed by atoms with van der Waals surface area (Å²) < 4.78 is 13.8. The molecule has 3 aromatic heterocycles. The molecule has 0 saturated heterocycles. The molecule has 0 amide bonds. The van der Waals surface area contributed by atoms with Crippen LogP contribution in [0.5, 0.6) is 11.5 Å². The standard InChI is InChI=1S/C17H12O3S3/c18-15(17-16-11(8-22-17)19-4-5-20-16)14-7-10-9-3-6-21-12(9)1-2-13(10)23-14/h1-3,6-8,15,18H,4-5H2. The molecular formula is C17H12O3S3. The Kier molecular flexibility index (Phi) is 3.12. The van der Waals surface area contributed by atoms with Crippen LogP contribution in [0.3, 0.4) is 0 Å². The number of hydrogen-bond donors (Lipinski definition) is 1. The highest BCUT2D eigenvalue weighted by atomic mass is 32.1. The van der Waals surface area contributed by atoms with E-state index in [1.807, 2.05) is 5.38 Å². The van der Waals surface area contributed by atoms with Crippen molar-refractivity contribution in [2.24, 2.45) is 0 Å². The zero-order chi connectivity index (χ0) is 15.4. The first-order chi connectivity index (χ1) is 11.3. The van der Waals surface area contributed by atoms with Crippen LogP contribution in [0.15, 0.2) is 35.0 Å². The number of hydrogen-bond acceptors (Lipinski definition) is 6. The summed E-state index contributed by atoms with van der Waals surface area (Å²) in [4.78, 5) is 1.77. The molecule has 4 heterocycles. The first-order valence-electron chi connectivity index (χ1n) is 7.26. The lowest BCUT2D eigenvalue weighted by Crippen LogP contribution is -2.15. The monoisotopic (exact) mass is 360 g/mol. The van der Waals surface area contributed by atoms with Gasteiger partial charge in [0.25, 0.3) is 0 Å². The van der Waals surface area contributed by atoms with E-state index in [4.69, 9.17) is 9.47 Å². The van der Waals surface area contributed by atoms with E-state index < -0.39 is 6.10 Å². The molecule has 0 radical (unpaired) electrons. The van der Waals surface area contributed by atoms with Crippen LogP contribution >= 0.6 is 34.0 Å². The van der Waals surface area contributed by atoms with Crippen molar-refractivity contribution in [3.05, 3.63) is 44.8 Å². The minimum Gasteiger partial charge on any atom is -0.485 e. The molecule has 0 spiro atoms. The Morgan fingerprint density at radius 3 is 2.83 bits per heavy atom. The summed E-state index contributed by atoms with van der Waals surface area (Å²) in [5.41, 5.74) is 0. The summed E-state index contributed by atoms with van der Waals surface area (Å²) in [6.07, 6.45) is -0.670. The molecule has 1 atom stereocenters. The summed E-state index contributed by atoms with van der Waals surface area (Å²) in [6, 6.07) is 8.54. The predicted molar refractivity (Wildman–Crippen MR) is 96.6 cm³/mol. The minimum absolute atomic E-state index is 0.533. The van der Waals surface area contributed by atoms with Gasteiger partial charge in [-0.2, -0.15) is 0 Å². The van der Waals surface area contributed by atoms with E-state index in [1.165, 1.54) is 31.5 Å². The third-order valence-electron chi connectivity index (χ3n) is 4.00. The molecule has 6 heteroatoms. The van der Waals surface area contributed by atoms with Gasteiger partial charge in [0.1, 0.15) is 19.3 Å². The molecule has 1 aliphatic heterocycles.